The molecule has 1 aromatic heterocycles. The maximum absolute atomic E-state index is 12.7. The summed E-state index contributed by atoms with van der Waals surface area (Å²) in [4.78, 5) is 0. The van der Waals surface area contributed by atoms with Gasteiger partial charge in [-0.1, -0.05) is 5.21 Å². The molecular formula is C9H15F2N3O2. The van der Waals surface area contributed by atoms with Crippen LogP contribution in [0.1, 0.15) is 37.2 Å². The molecule has 0 spiro atoms. The van der Waals surface area contributed by atoms with Gasteiger partial charge in [-0.3, -0.25) is 0 Å². The lowest BCUT2D eigenvalue weighted by Gasteiger charge is -2.14. The number of alkyl halides is 2. The number of hydrogen-bond acceptors (Lipinski definition) is 4. The molecule has 92 valence electrons. The van der Waals surface area contributed by atoms with Gasteiger partial charge in [-0.15, -0.1) is 5.10 Å². The molecular weight excluding hydrogens is 220 g/mol. The molecule has 1 heterocycles. The predicted octanol–water partition coefficient (Wildman–Crippen LogP) is 1.31. The summed E-state index contributed by atoms with van der Waals surface area (Å²) >= 11 is 0. The van der Waals surface area contributed by atoms with Gasteiger partial charge in [0.2, 0.25) is 0 Å². The van der Waals surface area contributed by atoms with Crippen molar-refractivity contribution in [2.45, 2.75) is 32.4 Å². The zero-order valence-electron chi connectivity index (χ0n) is 9.23. The number of halogens is 2. The molecule has 1 rings (SSSR count). The molecule has 7 heteroatoms. The van der Waals surface area contributed by atoms with Crippen LogP contribution in [0.4, 0.5) is 8.78 Å². The van der Waals surface area contributed by atoms with Crippen molar-refractivity contribution in [1.82, 2.24) is 15.0 Å². The van der Waals surface area contributed by atoms with Gasteiger partial charge >= 0.3 is 0 Å². The van der Waals surface area contributed by atoms with Crippen molar-refractivity contribution < 1.29 is 18.6 Å². The Labute approximate surface area is 92.0 Å². The molecule has 1 unspecified atom stereocenters. The smallest absolute Gasteiger partial charge is 0.282 e. The summed E-state index contributed by atoms with van der Waals surface area (Å²) in [7, 11) is 1.54. The predicted molar refractivity (Wildman–Crippen MR) is 52.1 cm³/mol. The van der Waals surface area contributed by atoms with Gasteiger partial charge in [0.05, 0.1) is 12.6 Å². The highest BCUT2D eigenvalue weighted by Gasteiger charge is 2.23. The third-order valence-corrected chi connectivity index (χ3v) is 2.32. The van der Waals surface area contributed by atoms with E-state index in [-0.39, 0.29) is 17.4 Å². The molecule has 5 nitrogen and oxygen atoms in total. The Hall–Kier alpha value is -1.08. The maximum Gasteiger partial charge on any atom is 0.282 e. The van der Waals surface area contributed by atoms with E-state index >= 15 is 0 Å². The van der Waals surface area contributed by atoms with Crippen LogP contribution >= 0.6 is 0 Å². The van der Waals surface area contributed by atoms with Crippen LogP contribution in [-0.4, -0.2) is 33.8 Å². The monoisotopic (exact) mass is 235 g/mol. The van der Waals surface area contributed by atoms with E-state index < -0.39 is 13.0 Å². The van der Waals surface area contributed by atoms with Crippen molar-refractivity contribution in [2.24, 2.45) is 0 Å². The van der Waals surface area contributed by atoms with Crippen molar-refractivity contribution in [3.63, 3.8) is 0 Å². The number of methoxy groups -OCH3 is 1. The molecule has 0 saturated carbocycles. The lowest BCUT2D eigenvalue weighted by Crippen LogP contribution is -2.13. The third-order valence-electron chi connectivity index (χ3n) is 2.32. The van der Waals surface area contributed by atoms with Gasteiger partial charge in [-0.25, -0.2) is 13.5 Å². The Morgan fingerprint density at radius 2 is 2.19 bits per heavy atom. The van der Waals surface area contributed by atoms with Crippen LogP contribution in [0.5, 0.6) is 0 Å². The molecule has 0 saturated heterocycles. The molecule has 0 bridgehead atoms. The first-order chi connectivity index (χ1) is 7.61. The van der Waals surface area contributed by atoms with Crippen molar-refractivity contribution >= 4 is 0 Å². The minimum absolute atomic E-state index is 0.0701. The van der Waals surface area contributed by atoms with Crippen LogP contribution < -0.4 is 0 Å². The van der Waals surface area contributed by atoms with E-state index in [0.717, 1.165) is 4.68 Å². The summed E-state index contributed by atoms with van der Waals surface area (Å²) in [6, 6.07) is -0.239. The standard InChI is InChI=1S/C9H15F2N3O2/c1-6(3-4-16-2)14-8(9(10)11)7(5-15)12-13-14/h6,9,15H,3-5H2,1-2H3. The fraction of sp³-hybridized carbons (Fsp3) is 0.778. The van der Waals surface area contributed by atoms with E-state index in [9.17, 15) is 8.78 Å². The highest BCUT2D eigenvalue weighted by atomic mass is 19.3. The van der Waals surface area contributed by atoms with Crippen LogP contribution in [0, 0.1) is 0 Å². The van der Waals surface area contributed by atoms with E-state index in [1.165, 1.54) is 0 Å². The summed E-state index contributed by atoms with van der Waals surface area (Å²) in [6.45, 7) is 1.68. The van der Waals surface area contributed by atoms with Crippen LogP contribution in [0.2, 0.25) is 0 Å². The molecule has 16 heavy (non-hydrogen) atoms. The van der Waals surface area contributed by atoms with Crippen molar-refractivity contribution in [2.75, 3.05) is 13.7 Å². The molecule has 1 N–H and O–H groups in total. The van der Waals surface area contributed by atoms with Crippen molar-refractivity contribution in [3.8, 4) is 0 Å². The topological polar surface area (TPSA) is 60.2 Å². The van der Waals surface area contributed by atoms with Gasteiger partial charge in [0.1, 0.15) is 11.4 Å². The van der Waals surface area contributed by atoms with Crippen LogP contribution in [0.25, 0.3) is 0 Å². The second-order valence-electron chi connectivity index (χ2n) is 3.46. The van der Waals surface area contributed by atoms with Gasteiger partial charge in [0.25, 0.3) is 6.43 Å². The van der Waals surface area contributed by atoms with E-state index in [4.69, 9.17) is 9.84 Å². The van der Waals surface area contributed by atoms with Crippen molar-refractivity contribution in [1.29, 1.82) is 0 Å². The van der Waals surface area contributed by atoms with Crippen LogP contribution in [0.3, 0.4) is 0 Å². The number of aliphatic hydroxyl groups excluding tert-OH is 1. The fourth-order valence-electron chi connectivity index (χ4n) is 1.41. The van der Waals surface area contributed by atoms with E-state index in [1.807, 2.05) is 0 Å². The molecule has 0 aromatic carbocycles. The van der Waals surface area contributed by atoms with Gasteiger partial charge in [0.15, 0.2) is 0 Å². The summed E-state index contributed by atoms with van der Waals surface area (Å²) in [6.07, 6.45) is -2.13. The number of ether oxygens (including phenoxy) is 1. The fourth-order valence-corrected chi connectivity index (χ4v) is 1.41. The highest BCUT2D eigenvalue weighted by molar-refractivity contribution is 5.11. The Morgan fingerprint density at radius 3 is 2.69 bits per heavy atom. The Morgan fingerprint density at radius 1 is 1.50 bits per heavy atom. The number of aromatic nitrogens is 3. The van der Waals surface area contributed by atoms with Gasteiger partial charge < -0.3 is 9.84 Å². The summed E-state index contributed by atoms with van der Waals surface area (Å²) in [5, 5.41) is 16.0. The zero-order valence-corrected chi connectivity index (χ0v) is 9.23. The minimum Gasteiger partial charge on any atom is -0.390 e. The molecule has 0 fully saturated rings. The minimum atomic E-state index is -2.69. The number of nitrogens with zero attached hydrogens (tertiary/aromatic N) is 3. The summed E-state index contributed by atoms with van der Waals surface area (Å²) < 4.78 is 31.5. The van der Waals surface area contributed by atoms with Gasteiger partial charge in [-0.05, 0) is 13.3 Å². The average molecular weight is 235 g/mol. The molecule has 0 aliphatic heterocycles. The third kappa shape index (κ3) is 2.73. The SMILES string of the molecule is COCCC(C)n1nnc(CO)c1C(F)F. The number of aliphatic hydroxyl groups is 1. The Bertz CT molecular complexity index is 331. The summed E-state index contributed by atoms with van der Waals surface area (Å²) in [5.74, 6) is 0. The second kappa shape index (κ2) is 5.86. The highest BCUT2D eigenvalue weighted by Crippen LogP contribution is 2.25. The van der Waals surface area contributed by atoms with E-state index in [0.29, 0.717) is 13.0 Å². The van der Waals surface area contributed by atoms with Crippen LogP contribution in [0.15, 0.2) is 0 Å². The molecule has 0 amide bonds. The first-order valence-corrected chi connectivity index (χ1v) is 4.93. The van der Waals surface area contributed by atoms with Crippen molar-refractivity contribution in [3.05, 3.63) is 11.4 Å². The Balaban J connectivity index is 2.90. The molecule has 1 atom stereocenters. The lowest BCUT2D eigenvalue weighted by molar-refractivity contribution is 0.127. The van der Waals surface area contributed by atoms with Crippen LogP contribution in [-0.2, 0) is 11.3 Å². The lowest BCUT2D eigenvalue weighted by atomic mass is 10.2. The molecule has 0 radical (unpaired) electrons. The number of hydrogen-bond donors (Lipinski definition) is 1. The first-order valence-electron chi connectivity index (χ1n) is 4.93. The van der Waals surface area contributed by atoms with Gasteiger partial charge in [0, 0.05) is 13.7 Å². The normalized spacial score (nSPS) is 13.4. The second-order valence-corrected chi connectivity index (χ2v) is 3.46. The van der Waals surface area contributed by atoms with E-state index in [1.54, 1.807) is 14.0 Å². The molecule has 0 aliphatic rings. The summed E-state index contributed by atoms with van der Waals surface area (Å²) in [5.41, 5.74) is -0.384. The number of rotatable bonds is 6. The maximum atomic E-state index is 12.7. The average Bonchev–Trinajstić information content (AvgIpc) is 2.69. The largest absolute Gasteiger partial charge is 0.390 e. The zero-order chi connectivity index (χ0) is 12.1. The molecule has 1 aromatic rings. The first kappa shape index (κ1) is 13.0. The quantitative estimate of drug-likeness (QED) is 0.807. The van der Waals surface area contributed by atoms with Gasteiger partial charge in [-0.2, -0.15) is 0 Å². The van der Waals surface area contributed by atoms with E-state index in [2.05, 4.69) is 10.3 Å². The molecule has 0 aliphatic carbocycles. The Kier molecular flexibility index (Phi) is 4.75.